The molecule has 0 saturated heterocycles. The molecule has 3 rings (SSSR count). The Morgan fingerprint density at radius 2 is 2.21 bits per heavy atom. The third-order valence-electron chi connectivity index (χ3n) is 4.53. The first-order chi connectivity index (χ1) is 9.03. The van der Waals surface area contributed by atoms with Crippen molar-refractivity contribution >= 4 is 15.9 Å². The molecule has 0 amide bonds. The maximum Gasteiger partial charge on any atom is 0.127 e. The molecule has 1 aliphatic heterocycles. The van der Waals surface area contributed by atoms with Crippen molar-refractivity contribution in [1.82, 2.24) is 5.32 Å². The smallest absolute Gasteiger partial charge is 0.127 e. The molecule has 0 radical (unpaired) electrons. The summed E-state index contributed by atoms with van der Waals surface area (Å²) in [5.74, 6) is 1.85. The highest BCUT2D eigenvalue weighted by Crippen LogP contribution is 2.59. The van der Waals surface area contributed by atoms with Crippen molar-refractivity contribution in [2.45, 2.75) is 39.7 Å². The molecule has 0 spiro atoms. The average molecular weight is 324 g/mol. The number of ether oxygens (including phenoxy) is 1. The number of benzene rings is 1. The normalized spacial score (nSPS) is 24.7. The van der Waals surface area contributed by atoms with E-state index >= 15 is 0 Å². The Hall–Kier alpha value is -0.540. The van der Waals surface area contributed by atoms with Crippen molar-refractivity contribution in [1.29, 1.82) is 0 Å². The van der Waals surface area contributed by atoms with E-state index in [9.17, 15) is 0 Å². The quantitative estimate of drug-likeness (QED) is 0.901. The summed E-state index contributed by atoms with van der Waals surface area (Å²) in [5, 5.41) is 3.67. The molecule has 2 aliphatic rings. The molecule has 1 aromatic rings. The van der Waals surface area contributed by atoms with Crippen molar-refractivity contribution in [3.63, 3.8) is 0 Å². The largest absolute Gasteiger partial charge is 0.493 e. The number of halogens is 1. The average Bonchev–Trinajstić information content (AvgIpc) is 2.76. The van der Waals surface area contributed by atoms with E-state index in [-0.39, 0.29) is 0 Å². The Morgan fingerprint density at radius 1 is 1.47 bits per heavy atom. The molecule has 104 valence electrons. The van der Waals surface area contributed by atoms with Gasteiger partial charge in [0.05, 0.1) is 6.61 Å². The summed E-state index contributed by atoms with van der Waals surface area (Å²) < 4.78 is 7.07. The van der Waals surface area contributed by atoms with Gasteiger partial charge in [0.15, 0.2) is 0 Å². The Labute approximate surface area is 124 Å². The van der Waals surface area contributed by atoms with Crippen molar-refractivity contribution in [2.75, 3.05) is 13.2 Å². The zero-order valence-corrected chi connectivity index (χ0v) is 13.5. The van der Waals surface area contributed by atoms with E-state index < -0.39 is 0 Å². The second kappa shape index (κ2) is 4.78. The number of rotatable bonds is 4. The Balaban J connectivity index is 1.99. The standard InChI is InChI=1S/C16H22BrNO/c1-4-18-14(13-9-16(13,2)3)12-8-11(17)7-10-5-6-19-15(10)12/h7-8,13-14,18H,4-6,9H2,1-3H3. The summed E-state index contributed by atoms with van der Waals surface area (Å²) in [6.45, 7) is 8.73. The van der Waals surface area contributed by atoms with Gasteiger partial charge in [-0.1, -0.05) is 36.7 Å². The molecular weight excluding hydrogens is 302 g/mol. The minimum atomic E-state index is 0.421. The van der Waals surface area contributed by atoms with Crippen LogP contribution in [0.25, 0.3) is 0 Å². The highest BCUT2D eigenvalue weighted by molar-refractivity contribution is 9.10. The van der Waals surface area contributed by atoms with Gasteiger partial charge in [0.2, 0.25) is 0 Å². The molecule has 1 aromatic carbocycles. The third-order valence-corrected chi connectivity index (χ3v) is 4.99. The van der Waals surface area contributed by atoms with Gasteiger partial charge in [-0.15, -0.1) is 0 Å². The predicted molar refractivity (Wildman–Crippen MR) is 81.6 cm³/mol. The Morgan fingerprint density at radius 3 is 2.84 bits per heavy atom. The lowest BCUT2D eigenvalue weighted by Crippen LogP contribution is -2.25. The predicted octanol–water partition coefficient (Wildman–Crippen LogP) is 4.08. The van der Waals surface area contributed by atoms with Gasteiger partial charge in [0.25, 0.3) is 0 Å². The van der Waals surface area contributed by atoms with Crippen LogP contribution >= 0.6 is 15.9 Å². The second-order valence-electron chi connectivity index (χ2n) is 6.42. The molecule has 1 aliphatic carbocycles. The Bertz CT molecular complexity index is 498. The minimum Gasteiger partial charge on any atom is -0.493 e. The first-order valence-corrected chi connectivity index (χ1v) is 8.00. The number of nitrogens with one attached hydrogen (secondary N) is 1. The fraction of sp³-hybridized carbons (Fsp3) is 0.625. The lowest BCUT2D eigenvalue weighted by Gasteiger charge is -2.22. The molecular formula is C16H22BrNO. The van der Waals surface area contributed by atoms with E-state index in [1.165, 1.54) is 22.0 Å². The van der Waals surface area contributed by atoms with Gasteiger partial charge in [0, 0.05) is 22.5 Å². The molecule has 1 N–H and O–H groups in total. The fourth-order valence-electron chi connectivity index (χ4n) is 3.29. The first-order valence-electron chi connectivity index (χ1n) is 7.21. The fourth-order valence-corrected chi connectivity index (χ4v) is 3.82. The summed E-state index contributed by atoms with van der Waals surface area (Å²) in [6, 6.07) is 4.86. The topological polar surface area (TPSA) is 21.3 Å². The van der Waals surface area contributed by atoms with Crippen molar-refractivity contribution in [3.05, 3.63) is 27.7 Å². The van der Waals surface area contributed by atoms with Crippen LogP contribution in [0.4, 0.5) is 0 Å². The van der Waals surface area contributed by atoms with Gasteiger partial charge in [-0.25, -0.2) is 0 Å². The van der Waals surface area contributed by atoms with E-state index in [2.05, 4.69) is 54.2 Å². The van der Waals surface area contributed by atoms with Crippen LogP contribution in [0.1, 0.15) is 44.4 Å². The molecule has 2 nitrogen and oxygen atoms in total. The van der Waals surface area contributed by atoms with E-state index in [1.54, 1.807) is 0 Å². The second-order valence-corrected chi connectivity index (χ2v) is 7.33. The van der Waals surface area contributed by atoms with Crippen molar-refractivity contribution in [3.8, 4) is 5.75 Å². The first kappa shape index (κ1) is 13.4. The van der Waals surface area contributed by atoms with Crippen LogP contribution in [-0.2, 0) is 6.42 Å². The van der Waals surface area contributed by atoms with Gasteiger partial charge in [-0.05, 0) is 42.0 Å². The van der Waals surface area contributed by atoms with Crippen molar-refractivity contribution < 1.29 is 4.74 Å². The van der Waals surface area contributed by atoms with Crippen LogP contribution < -0.4 is 10.1 Å². The molecule has 1 heterocycles. The molecule has 2 unspecified atom stereocenters. The van der Waals surface area contributed by atoms with Crippen LogP contribution in [-0.4, -0.2) is 13.2 Å². The molecule has 1 saturated carbocycles. The maximum atomic E-state index is 5.90. The number of hydrogen-bond acceptors (Lipinski definition) is 2. The van der Waals surface area contributed by atoms with Crippen molar-refractivity contribution in [2.24, 2.45) is 11.3 Å². The maximum absolute atomic E-state index is 5.90. The molecule has 0 bridgehead atoms. The summed E-state index contributed by atoms with van der Waals surface area (Å²) in [7, 11) is 0. The van der Waals surface area contributed by atoms with Crippen LogP contribution in [0.3, 0.4) is 0 Å². The van der Waals surface area contributed by atoms with Gasteiger partial charge in [0.1, 0.15) is 5.75 Å². The zero-order chi connectivity index (χ0) is 13.6. The van der Waals surface area contributed by atoms with Crippen LogP contribution in [0, 0.1) is 11.3 Å². The SMILES string of the molecule is CCNC(c1cc(Br)cc2c1OCC2)C1CC1(C)C. The van der Waals surface area contributed by atoms with E-state index in [1.807, 2.05) is 0 Å². The van der Waals surface area contributed by atoms with Gasteiger partial charge in [-0.2, -0.15) is 0 Å². The summed E-state index contributed by atoms with van der Waals surface area (Å²) >= 11 is 3.65. The summed E-state index contributed by atoms with van der Waals surface area (Å²) in [5.41, 5.74) is 3.16. The van der Waals surface area contributed by atoms with Crippen LogP contribution in [0.5, 0.6) is 5.75 Å². The van der Waals surface area contributed by atoms with Gasteiger partial charge in [-0.3, -0.25) is 0 Å². The number of hydrogen-bond donors (Lipinski definition) is 1. The van der Waals surface area contributed by atoms with E-state index in [0.717, 1.165) is 31.2 Å². The molecule has 19 heavy (non-hydrogen) atoms. The lowest BCUT2D eigenvalue weighted by molar-refractivity contribution is 0.341. The van der Waals surface area contributed by atoms with Gasteiger partial charge < -0.3 is 10.1 Å². The van der Waals surface area contributed by atoms with Crippen LogP contribution in [0.15, 0.2) is 16.6 Å². The summed E-state index contributed by atoms with van der Waals surface area (Å²) in [4.78, 5) is 0. The zero-order valence-electron chi connectivity index (χ0n) is 11.9. The van der Waals surface area contributed by atoms with Crippen LogP contribution in [0.2, 0.25) is 0 Å². The third kappa shape index (κ3) is 2.43. The van der Waals surface area contributed by atoms with E-state index in [0.29, 0.717) is 11.5 Å². The van der Waals surface area contributed by atoms with E-state index in [4.69, 9.17) is 4.74 Å². The highest BCUT2D eigenvalue weighted by Gasteiger charge is 2.51. The number of fused-ring (bicyclic) bond motifs is 1. The summed E-state index contributed by atoms with van der Waals surface area (Å²) in [6.07, 6.45) is 2.33. The molecule has 1 fully saturated rings. The molecule has 3 heteroatoms. The minimum absolute atomic E-state index is 0.421. The molecule has 0 aromatic heterocycles. The lowest BCUT2D eigenvalue weighted by atomic mass is 9.94. The molecule has 2 atom stereocenters. The highest BCUT2D eigenvalue weighted by atomic mass is 79.9. The van der Waals surface area contributed by atoms with Gasteiger partial charge >= 0.3 is 0 Å². The Kier molecular flexibility index (Phi) is 3.38. The monoisotopic (exact) mass is 323 g/mol.